The molecular weight excluding hydrogens is 340 g/mol. The first-order chi connectivity index (χ1) is 12.8. The van der Waals surface area contributed by atoms with Gasteiger partial charge in [-0.25, -0.2) is 9.48 Å². The van der Waals surface area contributed by atoms with Gasteiger partial charge in [0.15, 0.2) is 5.69 Å². The lowest BCUT2D eigenvalue weighted by atomic mass is 9.88. The van der Waals surface area contributed by atoms with Crippen molar-refractivity contribution in [2.24, 2.45) is 0 Å². The van der Waals surface area contributed by atoms with Crippen molar-refractivity contribution in [2.45, 2.75) is 46.6 Å². The van der Waals surface area contributed by atoms with E-state index in [1.54, 1.807) is 17.8 Å². The van der Waals surface area contributed by atoms with Gasteiger partial charge in [-0.2, -0.15) is 0 Å². The highest BCUT2D eigenvalue weighted by Gasteiger charge is 2.20. The number of aromatic nitrogens is 4. The van der Waals surface area contributed by atoms with Crippen molar-refractivity contribution >= 4 is 5.97 Å². The molecule has 0 aliphatic carbocycles. The molecule has 0 spiro atoms. The smallest absolute Gasteiger partial charge is 0.361 e. The Bertz CT molecular complexity index is 970. The lowest BCUT2D eigenvalue weighted by molar-refractivity contribution is 0.0464. The Morgan fingerprint density at radius 3 is 2.63 bits per heavy atom. The molecule has 0 bridgehead atoms. The van der Waals surface area contributed by atoms with Crippen LogP contribution in [0.4, 0.5) is 0 Å². The summed E-state index contributed by atoms with van der Waals surface area (Å²) in [4.78, 5) is 16.7. The predicted octanol–water partition coefficient (Wildman–Crippen LogP) is 3.93. The topological polar surface area (TPSA) is 69.9 Å². The number of carbonyl (C=O) groups is 1. The number of pyridine rings is 1. The van der Waals surface area contributed by atoms with Crippen molar-refractivity contribution in [1.82, 2.24) is 20.0 Å². The van der Waals surface area contributed by atoms with Crippen molar-refractivity contribution in [1.29, 1.82) is 0 Å². The van der Waals surface area contributed by atoms with Gasteiger partial charge in [-0.3, -0.25) is 4.98 Å². The fourth-order valence-corrected chi connectivity index (χ4v) is 2.72. The SMILES string of the molecule is Cc1cccc(-n2nnc(C(=O)OCc3cncc(C(C)(C)C)c3)c2C)c1. The van der Waals surface area contributed by atoms with Crippen molar-refractivity contribution < 1.29 is 9.53 Å². The van der Waals surface area contributed by atoms with E-state index < -0.39 is 5.97 Å². The average molecular weight is 364 g/mol. The standard InChI is InChI=1S/C21H24N4O2/c1-14-7-6-8-18(9-14)25-15(2)19(23-24-25)20(26)27-13-16-10-17(12-22-11-16)21(3,4)5/h6-12H,13H2,1-5H3. The molecule has 0 unspecified atom stereocenters. The Labute approximate surface area is 159 Å². The van der Waals surface area contributed by atoms with Gasteiger partial charge in [-0.1, -0.05) is 38.1 Å². The summed E-state index contributed by atoms with van der Waals surface area (Å²) >= 11 is 0. The van der Waals surface area contributed by atoms with Crippen LogP contribution in [0, 0.1) is 13.8 Å². The molecule has 1 aromatic carbocycles. The number of nitrogens with zero attached hydrogens (tertiary/aromatic N) is 4. The number of hydrogen-bond donors (Lipinski definition) is 0. The third-order valence-corrected chi connectivity index (χ3v) is 4.36. The molecule has 0 amide bonds. The molecule has 27 heavy (non-hydrogen) atoms. The maximum atomic E-state index is 12.5. The summed E-state index contributed by atoms with van der Waals surface area (Å²) in [5, 5.41) is 8.12. The molecule has 2 aromatic heterocycles. The van der Waals surface area contributed by atoms with Crippen LogP contribution < -0.4 is 0 Å². The van der Waals surface area contributed by atoms with Gasteiger partial charge in [0.25, 0.3) is 0 Å². The van der Waals surface area contributed by atoms with E-state index in [2.05, 4.69) is 36.1 Å². The fourth-order valence-electron chi connectivity index (χ4n) is 2.72. The van der Waals surface area contributed by atoms with E-state index in [1.165, 1.54) is 0 Å². The van der Waals surface area contributed by atoms with Gasteiger partial charge in [-0.05, 0) is 48.6 Å². The molecule has 2 heterocycles. The maximum Gasteiger partial charge on any atom is 0.361 e. The minimum absolute atomic E-state index is 0.0138. The third kappa shape index (κ3) is 4.22. The summed E-state index contributed by atoms with van der Waals surface area (Å²) in [7, 11) is 0. The lowest BCUT2D eigenvalue weighted by Gasteiger charge is -2.19. The molecule has 0 fully saturated rings. The van der Waals surface area contributed by atoms with Crippen LogP contribution in [0.1, 0.15) is 53.6 Å². The number of carbonyl (C=O) groups excluding carboxylic acids is 1. The van der Waals surface area contributed by atoms with Crippen LogP contribution in [0.2, 0.25) is 0 Å². The molecular formula is C21H24N4O2. The molecule has 6 nitrogen and oxygen atoms in total. The number of aryl methyl sites for hydroxylation is 1. The van der Waals surface area contributed by atoms with E-state index >= 15 is 0 Å². The van der Waals surface area contributed by atoms with Crippen LogP contribution in [-0.4, -0.2) is 25.9 Å². The molecule has 6 heteroatoms. The van der Waals surface area contributed by atoms with Gasteiger partial charge in [0.05, 0.1) is 11.4 Å². The molecule has 3 aromatic rings. The highest BCUT2D eigenvalue weighted by molar-refractivity contribution is 5.88. The van der Waals surface area contributed by atoms with E-state index in [0.717, 1.165) is 22.4 Å². The van der Waals surface area contributed by atoms with Crippen LogP contribution in [0.15, 0.2) is 42.7 Å². The zero-order valence-corrected chi connectivity index (χ0v) is 16.4. The number of rotatable bonds is 4. The molecule has 0 aliphatic rings. The molecule has 0 N–H and O–H groups in total. The summed E-state index contributed by atoms with van der Waals surface area (Å²) < 4.78 is 7.09. The van der Waals surface area contributed by atoms with Crippen molar-refractivity contribution in [3.05, 3.63) is 70.8 Å². The second-order valence-corrected chi connectivity index (χ2v) is 7.68. The van der Waals surface area contributed by atoms with Crippen LogP contribution in [0.3, 0.4) is 0 Å². The van der Waals surface area contributed by atoms with E-state index in [4.69, 9.17) is 4.74 Å². The van der Waals surface area contributed by atoms with Gasteiger partial charge < -0.3 is 4.74 Å². The van der Waals surface area contributed by atoms with Gasteiger partial charge in [0.2, 0.25) is 0 Å². The van der Waals surface area contributed by atoms with Gasteiger partial charge >= 0.3 is 5.97 Å². The Morgan fingerprint density at radius 2 is 1.93 bits per heavy atom. The molecule has 0 aliphatic heterocycles. The van der Waals surface area contributed by atoms with Crippen LogP contribution >= 0.6 is 0 Å². The van der Waals surface area contributed by atoms with Gasteiger partial charge in [-0.15, -0.1) is 5.10 Å². The minimum atomic E-state index is -0.493. The molecule has 0 radical (unpaired) electrons. The summed E-state index contributed by atoms with van der Waals surface area (Å²) in [5.41, 5.74) is 4.76. The largest absolute Gasteiger partial charge is 0.456 e. The Morgan fingerprint density at radius 1 is 1.15 bits per heavy atom. The average Bonchev–Trinajstić information content (AvgIpc) is 3.01. The highest BCUT2D eigenvalue weighted by Crippen LogP contribution is 2.22. The van der Waals surface area contributed by atoms with Crippen molar-refractivity contribution in [3.63, 3.8) is 0 Å². The number of hydrogen-bond acceptors (Lipinski definition) is 5. The van der Waals surface area contributed by atoms with E-state index in [1.807, 2.05) is 43.5 Å². The zero-order chi connectivity index (χ0) is 19.6. The summed E-state index contributed by atoms with van der Waals surface area (Å²) in [5.74, 6) is -0.493. The van der Waals surface area contributed by atoms with Crippen LogP contribution in [0.25, 0.3) is 5.69 Å². The number of esters is 1. The number of benzene rings is 1. The maximum absolute atomic E-state index is 12.5. The Hall–Kier alpha value is -3.02. The van der Waals surface area contributed by atoms with Crippen LogP contribution in [-0.2, 0) is 16.8 Å². The Balaban J connectivity index is 1.74. The van der Waals surface area contributed by atoms with Crippen LogP contribution in [0.5, 0.6) is 0 Å². The zero-order valence-electron chi connectivity index (χ0n) is 16.4. The summed E-state index contributed by atoms with van der Waals surface area (Å²) in [6, 6.07) is 9.87. The fraction of sp³-hybridized carbons (Fsp3) is 0.333. The monoisotopic (exact) mass is 364 g/mol. The second-order valence-electron chi connectivity index (χ2n) is 7.68. The molecule has 3 rings (SSSR count). The third-order valence-electron chi connectivity index (χ3n) is 4.36. The predicted molar refractivity (Wildman–Crippen MR) is 103 cm³/mol. The molecule has 0 atom stereocenters. The normalized spacial score (nSPS) is 11.4. The number of ether oxygens (including phenoxy) is 1. The van der Waals surface area contributed by atoms with Gasteiger partial charge in [0.1, 0.15) is 6.61 Å². The molecule has 140 valence electrons. The second kappa shape index (κ2) is 7.31. The first-order valence-corrected chi connectivity index (χ1v) is 8.86. The first kappa shape index (κ1) is 18.8. The quantitative estimate of drug-likeness (QED) is 0.656. The molecule has 0 saturated heterocycles. The van der Waals surface area contributed by atoms with E-state index in [-0.39, 0.29) is 17.7 Å². The van der Waals surface area contributed by atoms with Crippen molar-refractivity contribution in [3.8, 4) is 5.69 Å². The highest BCUT2D eigenvalue weighted by atomic mass is 16.5. The summed E-state index contributed by atoms with van der Waals surface area (Å²) in [6.45, 7) is 10.3. The first-order valence-electron chi connectivity index (χ1n) is 8.86. The van der Waals surface area contributed by atoms with E-state index in [0.29, 0.717) is 5.69 Å². The van der Waals surface area contributed by atoms with Crippen molar-refractivity contribution in [2.75, 3.05) is 0 Å². The Kier molecular flexibility index (Phi) is 5.08. The minimum Gasteiger partial charge on any atom is -0.456 e. The van der Waals surface area contributed by atoms with Gasteiger partial charge in [0, 0.05) is 18.0 Å². The van der Waals surface area contributed by atoms with E-state index in [9.17, 15) is 4.79 Å². The lowest BCUT2D eigenvalue weighted by Crippen LogP contribution is -2.13. The molecule has 0 saturated carbocycles. The summed E-state index contributed by atoms with van der Waals surface area (Å²) in [6.07, 6.45) is 3.54.